The SMILES string of the molecule is O=c1ccc2cc(N=Cc3ccc(Br)cc3)ccc2o1. The van der Waals surface area contributed by atoms with Crippen LogP contribution in [-0.4, -0.2) is 6.21 Å². The topological polar surface area (TPSA) is 42.6 Å². The van der Waals surface area contributed by atoms with Gasteiger partial charge < -0.3 is 4.42 Å². The molecule has 1 aromatic heterocycles. The van der Waals surface area contributed by atoms with Gasteiger partial charge in [-0.15, -0.1) is 0 Å². The highest BCUT2D eigenvalue weighted by atomic mass is 79.9. The number of rotatable bonds is 2. The van der Waals surface area contributed by atoms with Crippen molar-refractivity contribution in [2.24, 2.45) is 4.99 Å². The van der Waals surface area contributed by atoms with Gasteiger partial charge in [0, 0.05) is 22.1 Å². The second-order valence-electron chi connectivity index (χ2n) is 4.29. The van der Waals surface area contributed by atoms with Crippen molar-refractivity contribution in [3.63, 3.8) is 0 Å². The van der Waals surface area contributed by atoms with Gasteiger partial charge in [0.15, 0.2) is 0 Å². The zero-order valence-corrected chi connectivity index (χ0v) is 12.0. The molecule has 0 saturated carbocycles. The Morgan fingerprint density at radius 1 is 1.00 bits per heavy atom. The first-order valence-electron chi connectivity index (χ1n) is 6.04. The highest BCUT2D eigenvalue weighted by Gasteiger charge is 1.98. The molecule has 0 spiro atoms. The monoisotopic (exact) mass is 327 g/mol. The maximum atomic E-state index is 11.1. The van der Waals surface area contributed by atoms with Crippen molar-refractivity contribution in [2.75, 3.05) is 0 Å². The van der Waals surface area contributed by atoms with Crippen LogP contribution in [0, 0.1) is 0 Å². The smallest absolute Gasteiger partial charge is 0.336 e. The Balaban J connectivity index is 1.92. The molecule has 20 heavy (non-hydrogen) atoms. The lowest BCUT2D eigenvalue weighted by molar-refractivity contribution is 0.561. The molecule has 2 aromatic carbocycles. The summed E-state index contributed by atoms with van der Waals surface area (Å²) in [6, 6.07) is 16.5. The second-order valence-corrected chi connectivity index (χ2v) is 5.20. The minimum absolute atomic E-state index is 0.344. The third-order valence-electron chi connectivity index (χ3n) is 2.84. The molecule has 0 amide bonds. The van der Waals surface area contributed by atoms with E-state index in [9.17, 15) is 4.79 Å². The van der Waals surface area contributed by atoms with Gasteiger partial charge in [-0.25, -0.2) is 4.79 Å². The van der Waals surface area contributed by atoms with Crippen molar-refractivity contribution < 1.29 is 4.42 Å². The summed E-state index contributed by atoms with van der Waals surface area (Å²) in [4.78, 5) is 15.5. The molecule has 0 unspecified atom stereocenters. The summed E-state index contributed by atoms with van der Waals surface area (Å²) >= 11 is 3.39. The predicted molar refractivity (Wildman–Crippen MR) is 83.9 cm³/mol. The van der Waals surface area contributed by atoms with Crippen molar-refractivity contribution >= 4 is 38.8 Å². The number of halogens is 1. The lowest BCUT2D eigenvalue weighted by Crippen LogP contribution is -1.93. The molecule has 0 aliphatic rings. The van der Waals surface area contributed by atoms with E-state index in [1.165, 1.54) is 6.07 Å². The first kappa shape index (κ1) is 12.8. The third kappa shape index (κ3) is 2.86. The van der Waals surface area contributed by atoms with E-state index in [-0.39, 0.29) is 5.63 Å². The molecule has 0 N–H and O–H groups in total. The number of hydrogen-bond acceptors (Lipinski definition) is 3. The summed E-state index contributed by atoms with van der Waals surface area (Å²) < 4.78 is 6.12. The van der Waals surface area contributed by atoms with Gasteiger partial charge in [-0.1, -0.05) is 28.1 Å². The van der Waals surface area contributed by atoms with Crippen LogP contribution in [0.4, 0.5) is 5.69 Å². The van der Waals surface area contributed by atoms with Gasteiger partial charge in [-0.2, -0.15) is 0 Å². The van der Waals surface area contributed by atoms with Gasteiger partial charge in [0.25, 0.3) is 0 Å². The maximum Gasteiger partial charge on any atom is 0.336 e. The lowest BCUT2D eigenvalue weighted by Gasteiger charge is -1.98. The quantitative estimate of drug-likeness (QED) is 0.520. The molecule has 0 atom stereocenters. The summed E-state index contributed by atoms with van der Waals surface area (Å²) in [6.07, 6.45) is 1.80. The van der Waals surface area contributed by atoms with Gasteiger partial charge in [0.1, 0.15) is 5.58 Å². The maximum absolute atomic E-state index is 11.1. The molecule has 0 radical (unpaired) electrons. The van der Waals surface area contributed by atoms with Crippen molar-refractivity contribution in [3.05, 3.63) is 75.1 Å². The van der Waals surface area contributed by atoms with Crippen molar-refractivity contribution in [2.45, 2.75) is 0 Å². The van der Waals surface area contributed by atoms with Gasteiger partial charge in [-0.05, 0) is 42.0 Å². The molecule has 0 saturated heterocycles. The highest BCUT2D eigenvalue weighted by Crippen LogP contribution is 2.20. The number of benzene rings is 2. The molecular weight excluding hydrogens is 318 g/mol. The summed E-state index contributed by atoms with van der Waals surface area (Å²) in [5.74, 6) is 0. The van der Waals surface area contributed by atoms with Crippen molar-refractivity contribution in [1.29, 1.82) is 0 Å². The Morgan fingerprint density at radius 2 is 1.80 bits per heavy atom. The minimum Gasteiger partial charge on any atom is -0.423 e. The molecule has 3 rings (SSSR count). The van der Waals surface area contributed by atoms with Crippen molar-refractivity contribution in [3.8, 4) is 0 Å². The van der Waals surface area contributed by atoms with E-state index in [2.05, 4.69) is 20.9 Å². The Bertz CT molecular complexity index is 835. The van der Waals surface area contributed by atoms with Crippen LogP contribution in [0.15, 0.2) is 73.3 Å². The molecule has 3 aromatic rings. The first-order valence-corrected chi connectivity index (χ1v) is 6.83. The second kappa shape index (κ2) is 5.43. The first-order chi connectivity index (χ1) is 9.70. The fourth-order valence-electron chi connectivity index (χ4n) is 1.84. The van der Waals surface area contributed by atoms with E-state index in [1.807, 2.05) is 36.4 Å². The summed E-state index contributed by atoms with van der Waals surface area (Å²) in [7, 11) is 0. The van der Waals surface area contributed by atoms with E-state index in [1.54, 1.807) is 18.3 Å². The normalized spacial score (nSPS) is 11.2. The van der Waals surface area contributed by atoms with Gasteiger partial charge in [0.05, 0.1) is 5.69 Å². The van der Waals surface area contributed by atoms with Crippen LogP contribution in [-0.2, 0) is 0 Å². The summed E-state index contributed by atoms with van der Waals surface area (Å²) in [5.41, 5.74) is 2.06. The Labute approximate surface area is 123 Å². The third-order valence-corrected chi connectivity index (χ3v) is 3.36. The fraction of sp³-hybridized carbons (Fsp3) is 0. The van der Waals surface area contributed by atoms with Crippen LogP contribution in [0.1, 0.15) is 5.56 Å². The van der Waals surface area contributed by atoms with Gasteiger partial charge in [0.2, 0.25) is 0 Å². The van der Waals surface area contributed by atoms with E-state index < -0.39 is 0 Å². The molecule has 0 aliphatic heterocycles. The van der Waals surface area contributed by atoms with Crippen LogP contribution in [0.2, 0.25) is 0 Å². The van der Waals surface area contributed by atoms with Crippen molar-refractivity contribution in [1.82, 2.24) is 0 Å². The average Bonchev–Trinajstić information content (AvgIpc) is 2.46. The van der Waals surface area contributed by atoms with Gasteiger partial charge >= 0.3 is 5.63 Å². The summed E-state index contributed by atoms with van der Waals surface area (Å²) in [5, 5.41) is 0.857. The number of hydrogen-bond donors (Lipinski definition) is 0. The van der Waals surface area contributed by atoms with E-state index >= 15 is 0 Å². The Morgan fingerprint density at radius 3 is 2.60 bits per heavy atom. The number of fused-ring (bicyclic) bond motifs is 1. The largest absolute Gasteiger partial charge is 0.423 e. The average molecular weight is 328 g/mol. The Kier molecular flexibility index (Phi) is 3.48. The highest BCUT2D eigenvalue weighted by molar-refractivity contribution is 9.10. The zero-order valence-electron chi connectivity index (χ0n) is 10.4. The van der Waals surface area contributed by atoms with Crippen LogP contribution >= 0.6 is 15.9 Å². The molecular formula is C16H10BrNO2. The molecule has 0 aliphatic carbocycles. The van der Waals surface area contributed by atoms with E-state index in [4.69, 9.17) is 4.42 Å². The fourth-order valence-corrected chi connectivity index (χ4v) is 2.10. The molecule has 98 valence electrons. The van der Waals surface area contributed by atoms with Crippen LogP contribution in [0.25, 0.3) is 11.0 Å². The molecule has 4 heteroatoms. The van der Waals surface area contributed by atoms with Crippen LogP contribution in [0.3, 0.4) is 0 Å². The zero-order chi connectivity index (χ0) is 13.9. The Hall–Kier alpha value is -2.20. The molecule has 0 fully saturated rings. The number of nitrogens with zero attached hydrogens (tertiary/aromatic N) is 1. The van der Waals surface area contributed by atoms with E-state index in [0.717, 1.165) is 21.1 Å². The van der Waals surface area contributed by atoms with Crippen LogP contribution < -0.4 is 5.63 Å². The lowest BCUT2D eigenvalue weighted by atomic mass is 10.2. The van der Waals surface area contributed by atoms with E-state index in [0.29, 0.717) is 5.58 Å². The minimum atomic E-state index is -0.344. The molecule has 0 bridgehead atoms. The predicted octanol–water partition coefficient (Wildman–Crippen LogP) is 4.31. The van der Waals surface area contributed by atoms with Crippen LogP contribution in [0.5, 0.6) is 0 Å². The number of aliphatic imine (C=N–C) groups is 1. The standard InChI is InChI=1S/C16H10BrNO2/c17-13-4-1-11(2-5-13)10-18-14-6-7-15-12(9-14)3-8-16(19)20-15/h1-10H. The molecule has 1 heterocycles. The van der Waals surface area contributed by atoms with Gasteiger partial charge in [-0.3, -0.25) is 4.99 Å². The molecule has 3 nitrogen and oxygen atoms in total. The summed E-state index contributed by atoms with van der Waals surface area (Å²) in [6.45, 7) is 0.